The van der Waals surface area contributed by atoms with Gasteiger partial charge in [0.05, 0.1) is 6.54 Å². The average Bonchev–Trinajstić information content (AvgIpc) is 2.64. The Hall–Kier alpha value is -2.79. The van der Waals surface area contributed by atoms with Crippen molar-refractivity contribution in [3.05, 3.63) is 86.6 Å². The van der Waals surface area contributed by atoms with Crippen molar-refractivity contribution in [3.8, 4) is 0 Å². The first-order chi connectivity index (χ1) is 12.2. The third kappa shape index (κ3) is 2.66. The topological polar surface area (TPSA) is 52.0 Å². The molecule has 2 aromatic heterocycles. The van der Waals surface area contributed by atoms with Crippen LogP contribution in [0.4, 0.5) is 0 Å². The summed E-state index contributed by atoms with van der Waals surface area (Å²) in [6.07, 6.45) is 0.631. The summed E-state index contributed by atoms with van der Waals surface area (Å²) in [4.78, 5) is 31.1. The maximum absolute atomic E-state index is 13.1. The van der Waals surface area contributed by atoms with Crippen LogP contribution in [0.15, 0.2) is 64.2 Å². The first-order valence-electron chi connectivity index (χ1n) is 8.18. The quantitative estimate of drug-likeness (QED) is 0.532. The molecule has 0 spiro atoms. The Morgan fingerprint density at radius 1 is 1.00 bits per heavy atom. The molecule has 0 aliphatic heterocycles. The zero-order valence-corrected chi connectivity index (χ0v) is 14.5. The number of hydrogen-bond donors (Lipinski definition) is 0. The summed E-state index contributed by atoms with van der Waals surface area (Å²) in [7, 11) is 0. The molecule has 2 aromatic carbocycles. The molecule has 0 saturated carbocycles. The second-order valence-corrected chi connectivity index (χ2v) is 6.90. The molecular formula is C20H16N2O2S. The molecule has 0 bridgehead atoms. The van der Waals surface area contributed by atoms with Gasteiger partial charge in [-0.15, -0.1) is 11.3 Å². The largest absolute Gasteiger partial charge is 0.291 e. The summed E-state index contributed by atoms with van der Waals surface area (Å²) >= 11 is 1.40. The van der Waals surface area contributed by atoms with Gasteiger partial charge in [0, 0.05) is 16.5 Å². The lowest BCUT2D eigenvalue weighted by Crippen LogP contribution is -2.29. The van der Waals surface area contributed by atoms with Crippen molar-refractivity contribution < 1.29 is 0 Å². The molecule has 4 nitrogen and oxygen atoms in total. The summed E-state index contributed by atoms with van der Waals surface area (Å²) in [5.41, 5.74) is 0.529. The van der Waals surface area contributed by atoms with Crippen LogP contribution in [0.2, 0.25) is 0 Å². The van der Waals surface area contributed by atoms with Gasteiger partial charge in [-0.2, -0.15) is 0 Å². The summed E-state index contributed by atoms with van der Waals surface area (Å²) in [6, 6.07) is 17.1. The van der Waals surface area contributed by atoms with Crippen LogP contribution in [-0.2, 0) is 13.0 Å². The molecule has 124 valence electrons. The average molecular weight is 348 g/mol. The maximum Gasteiger partial charge on any atom is 0.266 e. The summed E-state index contributed by atoms with van der Waals surface area (Å²) in [6.45, 7) is 2.39. The molecule has 0 amide bonds. The summed E-state index contributed by atoms with van der Waals surface area (Å²) in [5.74, 6) is 0.701. The van der Waals surface area contributed by atoms with E-state index in [2.05, 4.69) is 4.98 Å². The van der Waals surface area contributed by atoms with Crippen molar-refractivity contribution in [1.82, 2.24) is 9.55 Å². The predicted octanol–water partition coefficient (Wildman–Crippen LogP) is 3.58. The fourth-order valence-electron chi connectivity index (χ4n) is 3.03. The lowest BCUT2D eigenvalue weighted by atomic mass is 10.2. The van der Waals surface area contributed by atoms with Gasteiger partial charge in [-0.05, 0) is 17.7 Å². The van der Waals surface area contributed by atoms with Crippen LogP contribution in [0, 0.1) is 0 Å². The van der Waals surface area contributed by atoms with E-state index in [1.54, 1.807) is 10.6 Å². The van der Waals surface area contributed by atoms with E-state index >= 15 is 0 Å². The molecule has 4 aromatic rings. The van der Waals surface area contributed by atoms with E-state index in [9.17, 15) is 9.59 Å². The first kappa shape index (κ1) is 15.7. The van der Waals surface area contributed by atoms with Crippen LogP contribution in [0.5, 0.6) is 0 Å². The monoisotopic (exact) mass is 348 g/mol. The van der Waals surface area contributed by atoms with E-state index in [1.807, 2.05) is 55.5 Å². The van der Waals surface area contributed by atoms with Gasteiger partial charge in [0.15, 0.2) is 0 Å². The Bertz CT molecular complexity index is 1190. The molecule has 0 saturated heterocycles. The second-order valence-electron chi connectivity index (χ2n) is 5.87. The van der Waals surface area contributed by atoms with Crippen LogP contribution in [0.3, 0.4) is 0 Å². The van der Waals surface area contributed by atoms with E-state index < -0.39 is 0 Å². The zero-order chi connectivity index (χ0) is 17.4. The minimum atomic E-state index is -0.252. The van der Waals surface area contributed by atoms with E-state index in [1.165, 1.54) is 11.3 Å². The molecule has 4 rings (SSSR count). The summed E-state index contributed by atoms with van der Waals surface area (Å²) < 4.78 is 2.48. The standard InChI is InChI=1S/C20H16N2O2S/c1-2-16-21-19-17(18(23)14-10-6-7-11-15(14)25-19)20(24)22(16)12-13-8-4-3-5-9-13/h3-11H,2,12H2,1H3. The van der Waals surface area contributed by atoms with Crippen molar-refractivity contribution in [2.75, 3.05) is 0 Å². The Balaban J connectivity index is 2.05. The predicted molar refractivity (Wildman–Crippen MR) is 103 cm³/mol. The molecule has 0 N–H and O–H groups in total. The normalized spacial score (nSPS) is 11.2. The molecular weight excluding hydrogens is 332 g/mol. The Morgan fingerprint density at radius 3 is 2.48 bits per heavy atom. The number of nitrogens with zero attached hydrogens (tertiary/aromatic N) is 2. The van der Waals surface area contributed by atoms with Crippen molar-refractivity contribution in [2.24, 2.45) is 0 Å². The van der Waals surface area contributed by atoms with Crippen molar-refractivity contribution in [1.29, 1.82) is 0 Å². The van der Waals surface area contributed by atoms with Gasteiger partial charge < -0.3 is 0 Å². The van der Waals surface area contributed by atoms with Gasteiger partial charge in [0.1, 0.15) is 16.0 Å². The van der Waals surface area contributed by atoms with E-state index in [-0.39, 0.29) is 16.4 Å². The zero-order valence-electron chi connectivity index (χ0n) is 13.7. The Kier molecular flexibility index (Phi) is 3.93. The molecule has 0 atom stereocenters. The third-order valence-corrected chi connectivity index (χ3v) is 5.34. The van der Waals surface area contributed by atoms with Gasteiger partial charge in [-0.25, -0.2) is 4.98 Å². The van der Waals surface area contributed by atoms with Gasteiger partial charge in [0.2, 0.25) is 5.43 Å². The van der Waals surface area contributed by atoms with Crippen LogP contribution in [0.1, 0.15) is 18.3 Å². The lowest BCUT2D eigenvalue weighted by molar-refractivity contribution is 0.687. The molecule has 0 radical (unpaired) electrons. The molecule has 2 heterocycles. The van der Waals surface area contributed by atoms with E-state index in [0.717, 1.165) is 10.3 Å². The number of aromatic nitrogens is 2. The highest BCUT2D eigenvalue weighted by atomic mass is 32.1. The molecule has 0 aliphatic carbocycles. The third-order valence-electron chi connectivity index (χ3n) is 4.28. The summed E-state index contributed by atoms with van der Waals surface area (Å²) in [5, 5.41) is 0.770. The minimum Gasteiger partial charge on any atom is -0.291 e. The molecule has 0 aliphatic rings. The van der Waals surface area contributed by atoms with E-state index in [0.29, 0.717) is 29.0 Å². The number of benzene rings is 2. The van der Waals surface area contributed by atoms with E-state index in [4.69, 9.17) is 0 Å². The number of rotatable bonds is 3. The number of fused-ring (bicyclic) bond motifs is 2. The number of aryl methyl sites for hydroxylation is 1. The minimum absolute atomic E-state index is 0.192. The smallest absolute Gasteiger partial charge is 0.266 e. The molecule has 25 heavy (non-hydrogen) atoms. The van der Waals surface area contributed by atoms with Crippen LogP contribution < -0.4 is 11.0 Å². The van der Waals surface area contributed by atoms with Gasteiger partial charge in [0.25, 0.3) is 5.56 Å². The molecule has 0 fully saturated rings. The fraction of sp³-hybridized carbons (Fsp3) is 0.150. The van der Waals surface area contributed by atoms with Crippen molar-refractivity contribution in [2.45, 2.75) is 19.9 Å². The van der Waals surface area contributed by atoms with Gasteiger partial charge in [-0.1, -0.05) is 49.4 Å². The Labute approximate surface area is 148 Å². The Morgan fingerprint density at radius 2 is 1.72 bits per heavy atom. The van der Waals surface area contributed by atoms with Gasteiger partial charge >= 0.3 is 0 Å². The number of hydrogen-bond acceptors (Lipinski definition) is 4. The van der Waals surface area contributed by atoms with Gasteiger partial charge in [-0.3, -0.25) is 14.2 Å². The van der Waals surface area contributed by atoms with Crippen LogP contribution in [0.25, 0.3) is 20.3 Å². The highest BCUT2D eigenvalue weighted by molar-refractivity contribution is 7.24. The van der Waals surface area contributed by atoms with Crippen molar-refractivity contribution >= 4 is 31.6 Å². The van der Waals surface area contributed by atoms with Crippen molar-refractivity contribution in [3.63, 3.8) is 0 Å². The second kappa shape index (κ2) is 6.26. The highest BCUT2D eigenvalue weighted by Crippen LogP contribution is 2.21. The SMILES string of the molecule is CCc1nc2sc3ccccc3c(=O)c2c(=O)n1Cc1ccccc1. The first-order valence-corrected chi connectivity index (χ1v) is 9.00. The lowest BCUT2D eigenvalue weighted by Gasteiger charge is -2.12. The van der Waals surface area contributed by atoms with Crippen LogP contribution >= 0.6 is 11.3 Å². The maximum atomic E-state index is 13.1. The van der Waals surface area contributed by atoms with Crippen LogP contribution in [-0.4, -0.2) is 9.55 Å². The fourth-order valence-corrected chi connectivity index (χ4v) is 4.08. The molecule has 5 heteroatoms. The molecule has 0 unspecified atom stereocenters. The highest BCUT2D eigenvalue weighted by Gasteiger charge is 2.15.